The summed E-state index contributed by atoms with van der Waals surface area (Å²) in [4.78, 5) is 10.8. The summed E-state index contributed by atoms with van der Waals surface area (Å²) >= 11 is 0. The first-order chi connectivity index (χ1) is 6.15. The van der Waals surface area contributed by atoms with E-state index in [1.54, 1.807) is 18.2 Å². The van der Waals surface area contributed by atoms with Gasteiger partial charge < -0.3 is 10.8 Å². The molecule has 1 aromatic carbocycles. The highest BCUT2D eigenvalue weighted by Gasteiger charge is 2.03. The Bertz CT molecular complexity index is 356. The Morgan fingerprint density at radius 2 is 2.23 bits per heavy atom. The fourth-order valence-electron chi connectivity index (χ4n) is 1.02. The van der Waals surface area contributed by atoms with Crippen LogP contribution in [0.3, 0.4) is 0 Å². The zero-order valence-corrected chi connectivity index (χ0v) is 7.32. The third kappa shape index (κ3) is 2.08. The van der Waals surface area contributed by atoms with Crippen molar-refractivity contribution >= 4 is 12.0 Å². The number of aromatic hydroxyl groups is 1. The number of nitrogens with two attached hydrogens (primary N) is 1. The number of hydrogen-bond acceptors (Lipinski definition) is 2. The standard InChI is InChI=1S/C10H11NO2/c1-2-3-7-6-8(10(11)13)4-5-9(7)12/h2-6,12H,1H3,(H2,11,13)/b3-2+. The first-order valence-electron chi connectivity index (χ1n) is 3.90. The maximum absolute atomic E-state index is 10.8. The van der Waals surface area contributed by atoms with Crippen LogP contribution in [0.2, 0.25) is 0 Å². The summed E-state index contributed by atoms with van der Waals surface area (Å²) in [6.07, 6.45) is 3.49. The Balaban J connectivity index is 3.18. The number of allylic oxidation sites excluding steroid dienone is 1. The maximum atomic E-state index is 10.8. The Kier molecular flexibility index (Phi) is 2.69. The van der Waals surface area contributed by atoms with Crippen LogP contribution >= 0.6 is 0 Å². The maximum Gasteiger partial charge on any atom is 0.248 e. The van der Waals surface area contributed by atoms with Crippen molar-refractivity contribution < 1.29 is 9.90 Å². The van der Waals surface area contributed by atoms with Gasteiger partial charge in [0, 0.05) is 11.1 Å². The van der Waals surface area contributed by atoms with E-state index in [-0.39, 0.29) is 5.75 Å². The first kappa shape index (κ1) is 9.32. The molecule has 0 aliphatic carbocycles. The summed E-state index contributed by atoms with van der Waals surface area (Å²) in [7, 11) is 0. The average molecular weight is 177 g/mol. The summed E-state index contributed by atoms with van der Waals surface area (Å²) in [5, 5.41) is 9.34. The van der Waals surface area contributed by atoms with E-state index in [0.717, 1.165) is 0 Å². The molecule has 3 nitrogen and oxygen atoms in total. The van der Waals surface area contributed by atoms with Gasteiger partial charge in [-0.25, -0.2) is 0 Å². The summed E-state index contributed by atoms with van der Waals surface area (Å²) in [6.45, 7) is 1.83. The van der Waals surface area contributed by atoms with Crippen LogP contribution in [0, 0.1) is 0 Å². The highest BCUT2D eigenvalue weighted by atomic mass is 16.3. The van der Waals surface area contributed by atoms with E-state index in [1.807, 2.05) is 6.92 Å². The molecular weight excluding hydrogens is 166 g/mol. The lowest BCUT2D eigenvalue weighted by molar-refractivity contribution is 0.100. The van der Waals surface area contributed by atoms with Gasteiger partial charge in [0.1, 0.15) is 5.75 Å². The molecule has 1 amide bonds. The molecule has 0 saturated carbocycles. The zero-order chi connectivity index (χ0) is 9.84. The van der Waals surface area contributed by atoms with E-state index in [1.165, 1.54) is 12.1 Å². The molecule has 0 fully saturated rings. The second-order valence-corrected chi connectivity index (χ2v) is 2.64. The molecule has 3 heteroatoms. The van der Waals surface area contributed by atoms with Crippen LogP contribution < -0.4 is 5.73 Å². The summed E-state index contributed by atoms with van der Waals surface area (Å²) < 4.78 is 0. The highest BCUT2D eigenvalue weighted by Crippen LogP contribution is 2.19. The van der Waals surface area contributed by atoms with Crippen molar-refractivity contribution in [1.29, 1.82) is 0 Å². The minimum Gasteiger partial charge on any atom is -0.507 e. The molecule has 0 heterocycles. The normalized spacial score (nSPS) is 10.5. The van der Waals surface area contributed by atoms with E-state index in [2.05, 4.69) is 0 Å². The van der Waals surface area contributed by atoms with Crippen molar-refractivity contribution in [3.63, 3.8) is 0 Å². The van der Waals surface area contributed by atoms with Crippen LogP contribution in [0.15, 0.2) is 24.3 Å². The minimum absolute atomic E-state index is 0.142. The number of hydrogen-bond donors (Lipinski definition) is 2. The Morgan fingerprint density at radius 1 is 1.54 bits per heavy atom. The molecule has 1 rings (SSSR count). The molecular formula is C10H11NO2. The molecule has 0 aliphatic heterocycles. The van der Waals surface area contributed by atoms with Gasteiger partial charge in [0.25, 0.3) is 0 Å². The van der Waals surface area contributed by atoms with Crippen LogP contribution in [0.25, 0.3) is 6.08 Å². The van der Waals surface area contributed by atoms with E-state index in [9.17, 15) is 9.90 Å². The molecule has 0 aromatic heterocycles. The molecule has 0 saturated heterocycles. The zero-order valence-electron chi connectivity index (χ0n) is 7.32. The van der Waals surface area contributed by atoms with Crippen molar-refractivity contribution in [1.82, 2.24) is 0 Å². The number of phenols is 1. The quantitative estimate of drug-likeness (QED) is 0.719. The predicted molar refractivity (Wildman–Crippen MR) is 51.3 cm³/mol. The van der Waals surface area contributed by atoms with Crippen LogP contribution in [-0.4, -0.2) is 11.0 Å². The van der Waals surface area contributed by atoms with Crippen molar-refractivity contribution in [3.8, 4) is 5.75 Å². The monoisotopic (exact) mass is 177 g/mol. The fourth-order valence-corrected chi connectivity index (χ4v) is 1.02. The third-order valence-electron chi connectivity index (χ3n) is 1.66. The number of carbonyl (C=O) groups excluding carboxylic acids is 1. The van der Waals surface area contributed by atoms with Gasteiger partial charge in [-0.3, -0.25) is 4.79 Å². The fraction of sp³-hybridized carbons (Fsp3) is 0.100. The largest absolute Gasteiger partial charge is 0.507 e. The Morgan fingerprint density at radius 3 is 2.77 bits per heavy atom. The third-order valence-corrected chi connectivity index (χ3v) is 1.66. The number of rotatable bonds is 2. The van der Waals surface area contributed by atoms with Crippen molar-refractivity contribution in [3.05, 3.63) is 35.4 Å². The van der Waals surface area contributed by atoms with Gasteiger partial charge in [0.2, 0.25) is 5.91 Å². The van der Waals surface area contributed by atoms with E-state index in [4.69, 9.17) is 5.73 Å². The second-order valence-electron chi connectivity index (χ2n) is 2.64. The van der Waals surface area contributed by atoms with Gasteiger partial charge in [-0.1, -0.05) is 12.2 Å². The lowest BCUT2D eigenvalue weighted by Gasteiger charge is -2.00. The van der Waals surface area contributed by atoms with E-state index < -0.39 is 5.91 Å². The van der Waals surface area contributed by atoms with E-state index >= 15 is 0 Å². The molecule has 13 heavy (non-hydrogen) atoms. The average Bonchev–Trinajstić information content (AvgIpc) is 2.08. The number of amides is 1. The van der Waals surface area contributed by atoms with Crippen LogP contribution in [0.5, 0.6) is 5.75 Å². The van der Waals surface area contributed by atoms with Crippen LogP contribution in [0.4, 0.5) is 0 Å². The van der Waals surface area contributed by atoms with Crippen molar-refractivity contribution in [2.45, 2.75) is 6.92 Å². The Hall–Kier alpha value is -1.77. The Labute approximate surface area is 76.5 Å². The van der Waals surface area contributed by atoms with Gasteiger partial charge in [-0.05, 0) is 25.1 Å². The molecule has 0 unspecified atom stereocenters. The number of benzene rings is 1. The highest BCUT2D eigenvalue weighted by molar-refractivity contribution is 5.93. The summed E-state index contributed by atoms with van der Waals surface area (Å²) in [5.41, 5.74) is 6.07. The first-order valence-corrected chi connectivity index (χ1v) is 3.90. The lowest BCUT2D eigenvalue weighted by Crippen LogP contribution is -2.10. The van der Waals surface area contributed by atoms with Crippen LogP contribution in [-0.2, 0) is 0 Å². The van der Waals surface area contributed by atoms with E-state index in [0.29, 0.717) is 11.1 Å². The van der Waals surface area contributed by atoms with Crippen molar-refractivity contribution in [2.75, 3.05) is 0 Å². The SMILES string of the molecule is C/C=C/c1cc(C(N)=O)ccc1O. The smallest absolute Gasteiger partial charge is 0.248 e. The topological polar surface area (TPSA) is 63.3 Å². The number of primary amides is 1. The predicted octanol–water partition coefficient (Wildman–Crippen LogP) is 1.52. The molecule has 0 radical (unpaired) electrons. The number of phenolic OH excluding ortho intramolecular Hbond substituents is 1. The molecule has 3 N–H and O–H groups in total. The minimum atomic E-state index is -0.495. The van der Waals surface area contributed by atoms with Gasteiger partial charge in [0.15, 0.2) is 0 Å². The molecule has 1 aromatic rings. The molecule has 0 spiro atoms. The summed E-state index contributed by atoms with van der Waals surface area (Å²) in [5.74, 6) is -0.353. The summed E-state index contributed by atoms with van der Waals surface area (Å²) in [6, 6.07) is 4.50. The molecule has 0 bridgehead atoms. The number of carbonyl (C=O) groups is 1. The second kappa shape index (κ2) is 3.76. The molecule has 0 atom stereocenters. The van der Waals surface area contributed by atoms with Gasteiger partial charge >= 0.3 is 0 Å². The lowest BCUT2D eigenvalue weighted by atomic mass is 10.1. The molecule has 0 aliphatic rings. The van der Waals surface area contributed by atoms with Gasteiger partial charge in [-0.15, -0.1) is 0 Å². The van der Waals surface area contributed by atoms with Gasteiger partial charge in [-0.2, -0.15) is 0 Å². The van der Waals surface area contributed by atoms with Crippen molar-refractivity contribution in [2.24, 2.45) is 5.73 Å². The van der Waals surface area contributed by atoms with Crippen LogP contribution in [0.1, 0.15) is 22.8 Å². The van der Waals surface area contributed by atoms with Gasteiger partial charge in [0.05, 0.1) is 0 Å². The molecule has 68 valence electrons.